The summed E-state index contributed by atoms with van der Waals surface area (Å²) in [7, 11) is 0. The van der Waals surface area contributed by atoms with Crippen LogP contribution in [0.4, 0.5) is 4.39 Å². The number of carbonyl (C=O) groups excluding carboxylic acids is 1. The smallest absolute Gasteiger partial charge is 0.274 e. The highest BCUT2D eigenvalue weighted by Crippen LogP contribution is 2.20. The highest BCUT2D eigenvalue weighted by atomic mass is 19.1. The van der Waals surface area contributed by atoms with Gasteiger partial charge in [-0.15, -0.1) is 5.10 Å². The number of hydrogen-bond donors (Lipinski definition) is 1. The highest BCUT2D eigenvalue weighted by molar-refractivity contribution is 5.92. The fourth-order valence-corrected chi connectivity index (χ4v) is 2.63. The van der Waals surface area contributed by atoms with Gasteiger partial charge < -0.3 is 10.1 Å². The van der Waals surface area contributed by atoms with Crippen molar-refractivity contribution in [3.8, 4) is 11.8 Å². The number of benzene rings is 1. The number of halogens is 1. The first kappa shape index (κ1) is 16.1. The van der Waals surface area contributed by atoms with E-state index in [0.717, 1.165) is 0 Å². The van der Waals surface area contributed by atoms with E-state index in [9.17, 15) is 14.4 Å². The molecule has 1 N–H and O–H groups in total. The molecule has 1 aromatic heterocycles. The fraction of sp³-hybridized carbons (Fsp3) is 0.375. The highest BCUT2D eigenvalue weighted by Gasteiger charge is 2.35. The monoisotopic (exact) mass is 329 g/mol. The van der Waals surface area contributed by atoms with Gasteiger partial charge in [-0.3, -0.25) is 4.79 Å². The molecule has 0 radical (unpaired) electrons. The first-order valence-electron chi connectivity index (χ1n) is 7.53. The minimum absolute atomic E-state index is 0.0971. The maximum Gasteiger partial charge on any atom is 0.274 e. The predicted octanol–water partition coefficient (Wildman–Crippen LogP) is 1.52. The molecule has 0 unspecified atom stereocenters. The number of aromatic nitrogens is 3. The number of aryl methyl sites for hydroxylation is 1. The lowest BCUT2D eigenvalue weighted by Crippen LogP contribution is -2.51. The maximum atomic E-state index is 13.2. The van der Waals surface area contributed by atoms with E-state index in [2.05, 4.69) is 21.7 Å². The van der Waals surface area contributed by atoms with Gasteiger partial charge in [0.2, 0.25) is 0 Å². The summed E-state index contributed by atoms with van der Waals surface area (Å²) < 4.78 is 19.8. The van der Waals surface area contributed by atoms with Crippen LogP contribution >= 0.6 is 0 Å². The molecule has 24 heavy (non-hydrogen) atoms. The third kappa shape index (κ3) is 3.12. The minimum Gasteiger partial charge on any atom is -0.381 e. The van der Waals surface area contributed by atoms with Gasteiger partial charge in [0.25, 0.3) is 5.91 Å². The van der Waals surface area contributed by atoms with E-state index in [4.69, 9.17) is 4.74 Å². The predicted molar refractivity (Wildman–Crippen MR) is 81.9 cm³/mol. The van der Waals surface area contributed by atoms with E-state index in [1.165, 1.54) is 23.0 Å². The van der Waals surface area contributed by atoms with Crippen LogP contribution in [0, 0.1) is 24.1 Å². The summed E-state index contributed by atoms with van der Waals surface area (Å²) in [6, 6.07) is 6.42. The number of nitriles is 1. The molecule has 1 aromatic carbocycles. The summed E-state index contributed by atoms with van der Waals surface area (Å²) in [4.78, 5) is 12.4. The van der Waals surface area contributed by atoms with Crippen molar-refractivity contribution in [2.75, 3.05) is 13.2 Å². The Hall–Kier alpha value is -2.79. The molecule has 8 heteroatoms. The molecule has 1 amide bonds. The Morgan fingerprint density at radius 2 is 2.21 bits per heavy atom. The number of amides is 1. The topological polar surface area (TPSA) is 92.8 Å². The Bertz CT molecular complexity index is 805. The van der Waals surface area contributed by atoms with Gasteiger partial charge in [-0.1, -0.05) is 5.21 Å². The third-order valence-corrected chi connectivity index (χ3v) is 4.04. The van der Waals surface area contributed by atoms with Crippen molar-refractivity contribution in [2.24, 2.45) is 0 Å². The number of carbonyl (C=O) groups is 1. The number of hydrogen-bond acceptors (Lipinski definition) is 5. The summed E-state index contributed by atoms with van der Waals surface area (Å²) in [6.07, 6.45) is 2.32. The third-order valence-electron chi connectivity index (χ3n) is 4.04. The summed E-state index contributed by atoms with van der Waals surface area (Å²) in [5, 5.41) is 19.9. The van der Waals surface area contributed by atoms with Gasteiger partial charge in [-0.05, 0) is 30.7 Å². The van der Waals surface area contributed by atoms with Crippen LogP contribution in [0.25, 0.3) is 5.69 Å². The van der Waals surface area contributed by atoms with Crippen molar-refractivity contribution < 1.29 is 13.9 Å². The number of nitrogens with one attached hydrogen (secondary N) is 1. The van der Waals surface area contributed by atoms with Crippen LogP contribution in [0.1, 0.15) is 28.9 Å². The second kappa shape index (κ2) is 6.37. The molecule has 0 spiro atoms. The van der Waals surface area contributed by atoms with Crippen molar-refractivity contribution in [1.29, 1.82) is 5.26 Å². The summed E-state index contributed by atoms with van der Waals surface area (Å²) in [5.41, 5.74) is 0.457. The van der Waals surface area contributed by atoms with Crippen LogP contribution in [0.5, 0.6) is 0 Å². The molecule has 0 aliphatic carbocycles. The second-order valence-electron chi connectivity index (χ2n) is 5.74. The molecular weight excluding hydrogens is 313 g/mol. The lowest BCUT2D eigenvalue weighted by Gasteiger charge is -2.31. The molecule has 0 bridgehead atoms. The second-order valence-corrected chi connectivity index (χ2v) is 5.74. The average molecular weight is 329 g/mol. The van der Waals surface area contributed by atoms with E-state index in [1.807, 2.05) is 0 Å². The number of rotatable bonds is 3. The lowest BCUT2D eigenvalue weighted by atomic mass is 9.91. The number of nitrogens with zero attached hydrogens (tertiary/aromatic N) is 4. The van der Waals surface area contributed by atoms with Gasteiger partial charge in [0, 0.05) is 26.1 Å². The molecule has 1 aliphatic heterocycles. The van der Waals surface area contributed by atoms with Crippen molar-refractivity contribution in [3.05, 3.63) is 41.5 Å². The SMILES string of the molecule is Cc1cc(F)ccc1-n1cc(C(=O)NC2(C#N)CCOCC2)nn1. The first-order chi connectivity index (χ1) is 11.5. The average Bonchev–Trinajstić information content (AvgIpc) is 3.05. The molecule has 7 nitrogen and oxygen atoms in total. The Balaban J connectivity index is 1.80. The van der Waals surface area contributed by atoms with Gasteiger partial charge in [-0.2, -0.15) is 5.26 Å². The summed E-state index contributed by atoms with van der Waals surface area (Å²) >= 11 is 0. The summed E-state index contributed by atoms with van der Waals surface area (Å²) in [5.74, 6) is -0.811. The zero-order chi connectivity index (χ0) is 17.2. The molecule has 1 fully saturated rings. The van der Waals surface area contributed by atoms with Crippen molar-refractivity contribution in [3.63, 3.8) is 0 Å². The van der Waals surface area contributed by atoms with Gasteiger partial charge in [-0.25, -0.2) is 9.07 Å². The lowest BCUT2D eigenvalue weighted by molar-refractivity contribution is 0.0529. The number of ether oxygens (including phenoxy) is 1. The Kier molecular flexibility index (Phi) is 4.27. The van der Waals surface area contributed by atoms with E-state index < -0.39 is 11.4 Å². The molecule has 2 heterocycles. The van der Waals surface area contributed by atoms with Crippen LogP contribution in [0.2, 0.25) is 0 Å². The minimum atomic E-state index is -0.940. The quantitative estimate of drug-likeness (QED) is 0.921. The molecule has 124 valence electrons. The summed E-state index contributed by atoms with van der Waals surface area (Å²) in [6.45, 7) is 2.59. The molecular formula is C16H16FN5O2. The van der Waals surface area contributed by atoms with Crippen LogP contribution in [0.3, 0.4) is 0 Å². The first-order valence-corrected chi connectivity index (χ1v) is 7.53. The zero-order valence-corrected chi connectivity index (χ0v) is 13.1. The van der Waals surface area contributed by atoms with Gasteiger partial charge in [0.1, 0.15) is 11.4 Å². The van der Waals surface area contributed by atoms with E-state index in [-0.39, 0.29) is 11.5 Å². The normalized spacial score (nSPS) is 16.4. The van der Waals surface area contributed by atoms with Crippen LogP contribution in [-0.4, -0.2) is 39.7 Å². The van der Waals surface area contributed by atoms with Crippen molar-refractivity contribution >= 4 is 5.91 Å². The van der Waals surface area contributed by atoms with Crippen LogP contribution < -0.4 is 5.32 Å². The molecule has 1 aliphatic rings. The largest absolute Gasteiger partial charge is 0.381 e. The molecule has 3 rings (SSSR count). The molecule has 0 saturated carbocycles. The van der Waals surface area contributed by atoms with Gasteiger partial charge in [0.05, 0.1) is 18.0 Å². The fourth-order valence-electron chi connectivity index (χ4n) is 2.63. The van der Waals surface area contributed by atoms with E-state index in [1.54, 1.807) is 13.0 Å². The Morgan fingerprint density at radius 3 is 2.88 bits per heavy atom. The zero-order valence-electron chi connectivity index (χ0n) is 13.1. The van der Waals surface area contributed by atoms with Crippen molar-refractivity contribution in [1.82, 2.24) is 20.3 Å². The molecule has 2 aromatic rings. The van der Waals surface area contributed by atoms with Crippen LogP contribution in [0.15, 0.2) is 24.4 Å². The Labute approximate surface area is 138 Å². The van der Waals surface area contributed by atoms with E-state index in [0.29, 0.717) is 37.3 Å². The van der Waals surface area contributed by atoms with Gasteiger partial charge in [0.15, 0.2) is 5.69 Å². The van der Waals surface area contributed by atoms with Crippen LogP contribution in [-0.2, 0) is 4.74 Å². The maximum absolute atomic E-state index is 13.2. The molecule has 0 atom stereocenters. The van der Waals surface area contributed by atoms with E-state index >= 15 is 0 Å². The molecule has 1 saturated heterocycles. The van der Waals surface area contributed by atoms with Gasteiger partial charge >= 0.3 is 0 Å². The standard InChI is InChI=1S/C16H16FN5O2/c1-11-8-12(17)2-3-14(11)22-9-13(20-21-22)15(23)19-16(10-18)4-6-24-7-5-16/h2-3,8-9H,4-7H2,1H3,(H,19,23). The van der Waals surface area contributed by atoms with Crippen molar-refractivity contribution in [2.45, 2.75) is 25.3 Å². The Morgan fingerprint density at radius 1 is 1.46 bits per heavy atom.